The fourth-order valence-corrected chi connectivity index (χ4v) is 5.26. The van der Waals surface area contributed by atoms with E-state index in [-0.39, 0.29) is 16.2 Å². The van der Waals surface area contributed by atoms with E-state index >= 15 is 0 Å². The van der Waals surface area contributed by atoms with E-state index in [0.717, 1.165) is 12.8 Å². The van der Waals surface area contributed by atoms with E-state index in [1.807, 2.05) is 6.26 Å². The number of nitrogens with one attached hydrogen (secondary N) is 3. The number of rotatable bonds is 9. The Hall–Kier alpha value is -2.83. The van der Waals surface area contributed by atoms with E-state index in [0.29, 0.717) is 25.3 Å². The molecule has 2 aromatic rings. The summed E-state index contributed by atoms with van der Waals surface area (Å²) in [6, 6.07) is 7.66. The highest BCUT2D eigenvalue weighted by molar-refractivity contribution is 7.98. The molecule has 1 aromatic heterocycles. The number of carbonyl (C=O) groups is 3. The molecule has 3 rings (SSSR count). The Morgan fingerprint density at radius 2 is 1.76 bits per heavy atom. The zero-order valence-electron chi connectivity index (χ0n) is 18.1. The molecule has 1 atom stereocenters. The van der Waals surface area contributed by atoms with Crippen LogP contribution in [0.25, 0.3) is 0 Å². The Morgan fingerprint density at radius 1 is 1.06 bits per heavy atom. The first-order valence-corrected chi connectivity index (χ1v) is 13.2. The van der Waals surface area contributed by atoms with Crippen LogP contribution in [0, 0.1) is 0 Å². The average molecular weight is 495 g/mol. The van der Waals surface area contributed by atoms with E-state index in [2.05, 4.69) is 16.2 Å². The smallest absolute Gasteiger partial charge is 0.287 e. The van der Waals surface area contributed by atoms with Crippen LogP contribution >= 0.6 is 11.8 Å². The second-order valence-corrected chi connectivity index (χ2v) is 10.3. The Kier molecular flexibility index (Phi) is 8.53. The van der Waals surface area contributed by atoms with E-state index in [1.165, 1.54) is 52.7 Å². The predicted octanol–water partition coefficient (Wildman–Crippen LogP) is 1.38. The fourth-order valence-electron chi connectivity index (χ4n) is 3.28. The molecule has 1 aromatic carbocycles. The predicted molar refractivity (Wildman–Crippen MR) is 123 cm³/mol. The molecule has 1 unspecified atom stereocenters. The largest absolute Gasteiger partial charge is 0.459 e. The van der Waals surface area contributed by atoms with Gasteiger partial charge in [0.1, 0.15) is 6.04 Å². The first-order chi connectivity index (χ1) is 15.8. The molecule has 1 aliphatic rings. The first kappa shape index (κ1) is 24.8. The highest BCUT2D eigenvalue weighted by Crippen LogP contribution is 2.21. The van der Waals surface area contributed by atoms with Gasteiger partial charge < -0.3 is 9.73 Å². The van der Waals surface area contributed by atoms with Crippen LogP contribution in [0.15, 0.2) is 52.0 Å². The van der Waals surface area contributed by atoms with Crippen molar-refractivity contribution < 1.29 is 27.2 Å². The molecule has 0 aliphatic carbocycles. The third-order valence-electron chi connectivity index (χ3n) is 5.10. The number of benzene rings is 1. The van der Waals surface area contributed by atoms with Crippen molar-refractivity contribution >= 4 is 39.5 Å². The second kappa shape index (κ2) is 11.3. The average Bonchev–Trinajstić information content (AvgIpc) is 3.54. The normalized spacial score (nSPS) is 15.1. The van der Waals surface area contributed by atoms with Crippen molar-refractivity contribution in [1.82, 2.24) is 20.5 Å². The van der Waals surface area contributed by atoms with Crippen molar-refractivity contribution in [2.45, 2.75) is 30.2 Å². The Morgan fingerprint density at radius 3 is 2.36 bits per heavy atom. The summed E-state index contributed by atoms with van der Waals surface area (Å²) in [4.78, 5) is 37.3. The van der Waals surface area contributed by atoms with Gasteiger partial charge in [-0.2, -0.15) is 16.1 Å². The van der Waals surface area contributed by atoms with Crippen LogP contribution in [0.3, 0.4) is 0 Å². The fraction of sp³-hybridized carbons (Fsp3) is 0.381. The topological polar surface area (TPSA) is 138 Å². The van der Waals surface area contributed by atoms with Crippen LogP contribution in [-0.4, -0.2) is 61.6 Å². The summed E-state index contributed by atoms with van der Waals surface area (Å²) in [6.45, 7) is 0.982. The molecule has 0 radical (unpaired) electrons. The van der Waals surface area contributed by atoms with Gasteiger partial charge in [-0.3, -0.25) is 25.2 Å². The van der Waals surface area contributed by atoms with Gasteiger partial charge in [0, 0.05) is 18.7 Å². The Bertz CT molecular complexity index is 1060. The van der Waals surface area contributed by atoms with Gasteiger partial charge in [-0.05, 0) is 67.7 Å². The van der Waals surface area contributed by atoms with Gasteiger partial charge in [0.05, 0.1) is 11.2 Å². The number of hydrogen-bond donors (Lipinski definition) is 3. The minimum atomic E-state index is -3.58. The second-order valence-electron chi connectivity index (χ2n) is 7.36. The summed E-state index contributed by atoms with van der Waals surface area (Å²) in [5, 5.41) is 2.59. The van der Waals surface area contributed by atoms with E-state index in [9.17, 15) is 22.8 Å². The van der Waals surface area contributed by atoms with Crippen LogP contribution in [0.4, 0.5) is 0 Å². The number of thioether (sulfide) groups is 1. The lowest BCUT2D eigenvalue weighted by atomic mass is 10.2. The van der Waals surface area contributed by atoms with Crippen LogP contribution < -0.4 is 16.2 Å². The van der Waals surface area contributed by atoms with E-state index in [1.54, 1.807) is 6.07 Å². The van der Waals surface area contributed by atoms with Gasteiger partial charge in [-0.25, -0.2) is 8.42 Å². The molecular weight excluding hydrogens is 468 g/mol. The minimum absolute atomic E-state index is 0.0740. The molecule has 12 heteroatoms. The molecule has 10 nitrogen and oxygen atoms in total. The molecule has 0 spiro atoms. The third-order valence-corrected chi connectivity index (χ3v) is 7.65. The number of sulfonamides is 1. The number of hydrogen-bond acceptors (Lipinski definition) is 7. The molecule has 1 saturated heterocycles. The zero-order chi connectivity index (χ0) is 23.8. The summed E-state index contributed by atoms with van der Waals surface area (Å²) in [6.07, 6.45) is 5.24. The Balaban J connectivity index is 1.58. The van der Waals surface area contributed by atoms with Crippen LogP contribution in [0.2, 0.25) is 0 Å². The van der Waals surface area contributed by atoms with Crippen LogP contribution in [0.5, 0.6) is 0 Å². The molecular formula is C21H26N4O6S2. The lowest BCUT2D eigenvalue weighted by Crippen LogP contribution is -2.52. The summed E-state index contributed by atoms with van der Waals surface area (Å²) in [5.74, 6) is -1.07. The number of hydrazine groups is 1. The maximum absolute atomic E-state index is 12.6. The van der Waals surface area contributed by atoms with Crippen LogP contribution in [0.1, 0.15) is 40.2 Å². The maximum Gasteiger partial charge on any atom is 0.287 e. The summed E-state index contributed by atoms with van der Waals surface area (Å²) < 4.78 is 31.6. The third kappa shape index (κ3) is 6.36. The quantitative estimate of drug-likeness (QED) is 0.448. The van der Waals surface area contributed by atoms with Gasteiger partial charge in [0.15, 0.2) is 5.76 Å². The lowest BCUT2D eigenvalue weighted by Gasteiger charge is -2.18. The van der Waals surface area contributed by atoms with Crippen molar-refractivity contribution in [3.05, 3.63) is 54.0 Å². The van der Waals surface area contributed by atoms with Gasteiger partial charge in [-0.1, -0.05) is 0 Å². The molecule has 2 heterocycles. The molecule has 33 heavy (non-hydrogen) atoms. The lowest BCUT2D eigenvalue weighted by molar-refractivity contribution is -0.123. The zero-order valence-corrected chi connectivity index (χ0v) is 19.7. The van der Waals surface area contributed by atoms with Crippen molar-refractivity contribution in [2.24, 2.45) is 0 Å². The first-order valence-electron chi connectivity index (χ1n) is 10.4. The standard InChI is InChI=1S/C21H26N4O6S2/c1-32-14-10-17(22-21(28)18-5-4-13-31-18)20(27)24-23-19(26)15-6-8-16(9-7-15)33(29,30)25-11-2-3-12-25/h4-9,13,17H,2-3,10-12,14H2,1H3,(H,22,28)(H,23,26)(H,24,27). The van der Waals surface area contributed by atoms with Crippen molar-refractivity contribution in [3.8, 4) is 0 Å². The summed E-state index contributed by atoms with van der Waals surface area (Å²) >= 11 is 1.51. The molecule has 1 fully saturated rings. The molecule has 0 saturated carbocycles. The minimum Gasteiger partial charge on any atom is -0.459 e. The maximum atomic E-state index is 12.6. The van der Waals surface area contributed by atoms with Gasteiger partial charge in [-0.15, -0.1) is 0 Å². The van der Waals surface area contributed by atoms with Crippen molar-refractivity contribution in [1.29, 1.82) is 0 Å². The molecule has 178 valence electrons. The SMILES string of the molecule is CSCCC(NC(=O)c1ccco1)C(=O)NNC(=O)c1ccc(S(=O)(=O)N2CCCC2)cc1. The van der Waals surface area contributed by atoms with Gasteiger partial charge in [0.2, 0.25) is 10.0 Å². The van der Waals surface area contributed by atoms with Crippen molar-refractivity contribution in [3.63, 3.8) is 0 Å². The molecule has 1 aliphatic heterocycles. The molecule has 3 amide bonds. The van der Waals surface area contributed by atoms with Crippen LogP contribution in [-0.2, 0) is 14.8 Å². The highest BCUT2D eigenvalue weighted by atomic mass is 32.2. The number of furan rings is 1. The van der Waals surface area contributed by atoms with Gasteiger partial charge in [0.25, 0.3) is 17.7 Å². The van der Waals surface area contributed by atoms with E-state index < -0.39 is 33.8 Å². The monoisotopic (exact) mass is 494 g/mol. The molecule has 0 bridgehead atoms. The summed E-state index contributed by atoms with van der Waals surface area (Å²) in [5.41, 5.74) is 4.78. The van der Waals surface area contributed by atoms with Gasteiger partial charge >= 0.3 is 0 Å². The number of nitrogens with zero attached hydrogens (tertiary/aromatic N) is 1. The Labute approximate surface area is 196 Å². The summed E-state index contributed by atoms with van der Waals surface area (Å²) in [7, 11) is -3.58. The molecule has 3 N–H and O–H groups in total. The van der Waals surface area contributed by atoms with Crippen molar-refractivity contribution in [2.75, 3.05) is 25.1 Å². The van der Waals surface area contributed by atoms with E-state index in [4.69, 9.17) is 4.42 Å². The number of amides is 3. The number of carbonyl (C=O) groups excluding carboxylic acids is 3. The highest BCUT2D eigenvalue weighted by Gasteiger charge is 2.27.